The summed E-state index contributed by atoms with van der Waals surface area (Å²) in [5.41, 5.74) is 0.829. The Morgan fingerprint density at radius 3 is 2.68 bits per heavy atom. The highest BCUT2D eigenvalue weighted by molar-refractivity contribution is 5.76. The first-order valence-corrected chi connectivity index (χ1v) is 12.1. The van der Waals surface area contributed by atoms with Crippen LogP contribution >= 0.6 is 0 Å². The Labute approximate surface area is 187 Å². The van der Waals surface area contributed by atoms with E-state index in [1.165, 1.54) is 5.57 Å². The highest BCUT2D eigenvalue weighted by Crippen LogP contribution is 2.45. The summed E-state index contributed by atoms with van der Waals surface area (Å²) in [6.45, 7) is 10.4. The van der Waals surface area contributed by atoms with Crippen LogP contribution in [0.15, 0.2) is 23.8 Å². The summed E-state index contributed by atoms with van der Waals surface area (Å²) in [5, 5.41) is 9.86. The van der Waals surface area contributed by atoms with Crippen LogP contribution in [-0.2, 0) is 19.1 Å². The van der Waals surface area contributed by atoms with Crippen molar-refractivity contribution >= 4 is 11.9 Å². The molecule has 0 aromatic heterocycles. The molecule has 0 spiro atoms. The average Bonchev–Trinajstić information content (AvgIpc) is 2.68. The summed E-state index contributed by atoms with van der Waals surface area (Å²) in [5.74, 6) is 0.987. The standard InChI is InChI=1S/C26H40O5/c1-6-26(4,5)25(29)31-22-13-16(2)12-18-11-10-17(3)21(24(18)22)9-7-8-20-14-19(27)15-23(28)30-20/h10-12,16-17,19-22,24,27H,6-9,13-15H2,1-5H3/t16-,17-,19+,20+,21-,22-,24-/m0/s1. The number of hydrogen-bond acceptors (Lipinski definition) is 5. The number of hydrogen-bond donors (Lipinski definition) is 1. The van der Waals surface area contributed by atoms with Crippen molar-refractivity contribution in [2.75, 3.05) is 0 Å². The summed E-state index contributed by atoms with van der Waals surface area (Å²) in [6.07, 6.45) is 10.9. The molecule has 1 N–H and O–H groups in total. The number of aliphatic hydroxyl groups excluding tert-OH is 1. The number of esters is 2. The van der Waals surface area contributed by atoms with E-state index >= 15 is 0 Å². The largest absolute Gasteiger partial charge is 0.462 e. The number of ether oxygens (including phenoxy) is 2. The second kappa shape index (κ2) is 9.89. The summed E-state index contributed by atoms with van der Waals surface area (Å²) in [6, 6.07) is 0. The van der Waals surface area contributed by atoms with E-state index in [0.717, 1.165) is 32.1 Å². The molecule has 2 aliphatic carbocycles. The number of cyclic esters (lactones) is 1. The smallest absolute Gasteiger partial charge is 0.311 e. The van der Waals surface area contributed by atoms with E-state index in [4.69, 9.17) is 9.47 Å². The molecule has 5 heteroatoms. The molecule has 1 saturated heterocycles. The highest BCUT2D eigenvalue weighted by atomic mass is 16.6. The fourth-order valence-corrected chi connectivity index (χ4v) is 5.28. The Balaban J connectivity index is 1.69. The van der Waals surface area contributed by atoms with Crippen molar-refractivity contribution in [1.29, 1.82) is 0 Å². The van der Waals surface area contributed by atoms with E-state index in [1.807, 2.05) is 20.8 Å². The molecule has 0 aromatic rings. The minimum atomic E-state index is -0.581. The van der Waals surface area contributed by atoms with Crippen LogP contribution in [0, 0.1) is 29.1 Å². The minimum absolute atomic E-state index is 0.0972. The zero-order chi connectivity index (χ0) is 22.8. The fraction of sp³-hybridized carbons (Fsp3) is 0.769. The van der Waals surface area contributed by atoms with Crippen LogP contribution in [-0.4, -0.2) is 35.4 Å². The third kappa shape index (κ3) is 5.79. The predicted octanol–water partition coefficient (Wildman–Crippen LogP) is 4.98. The molecular formula is C26H40O5. The first kappa shape index (κ1) is 24.0. The van der Waals surface area contributed by atoms with Gasteiger partial charge >= 0.3 is 11.9 Å². The quantitative estimate of drug-likeness (QED) is 0.575. The van der Waals surface area contributed by atoms with Gasteiger partial charge in [-0.15, -0.1) is 0 Å². The van der Waals surface area contributed by atoms with Gasteiger partial charge in [-0.25, -0.2) is 0 Å². The van der Waals surface area contributed by atoms with Crippen molar-refractivity contribution in [2.45, 2.75) is 97.9 Å². The molecule has 0 saturated carbocycles. The lowest BCUT2D eigenvalue weighted by Crippen LogP contribution is -2.42. The van der Waals surface area contributed by atoms with E-state index in [0.29, 0.717) is 24.2 Å². The van der Waals surface area contributed by atoms with Crippen LogP contribution in [0.25, 0.3) is 0 Å². The number of carbonyl (C=O) groups excluding carboxylic acids is 2. The highest BCUT2D eigenvalue weighted by Gasteiger charge is 2.42. The van der Waals surface area contributed by atoms with Crippen molar-refractivity contribution in [2.24, 2.45) is 29.1 Å². The maximum atomic E-state index is 12.9. The van der Waals surface area contributed by atoms with Crippen molar-refractivity contribution in [3.63, 3.8) is 0 Å². The van der Waals surface area contributed by atoms with Gasteiger partial charge in [-0.2, -0.15) is 0 Å². The normalized spacial score (nSPS) is 35.7. The summed E-state index contributed by atoms with van der Waals surface area (Å²) < 4.78 is 11.6. The average molecular weight is 433 g/mol. The topological polar surface area (TPSA) is 72.8 Å². The maximum Gasteiger partial charge on any atom is 0.311 e. The second-order valence-electron chi connectivity index (χ2n) is 10.6. The molecule has 31 heavy (non-hydrogen) atoms. The zero-order valence-electron chi connectivity index (χ0n) is 19.8. The Hall–Kier alpha value is -1.62. The molecule has 1 aliphatic heterocycles. The van der Waals surface area contributed by atoms with E-state index in [-0.39, 0.29) is 36.5 Å². The van der Waals surface area contributed by atoms with Gasteiger partial charge in [0.1, 0.15) is 12.2 Å². The molecule has 0 radical (unpaired) electrons. The van der Waals surface area contributed by atoms with Gasteiger partial charge in [0.25, 0.3) is 0 Å². The Morgan fingerprint density at radius 1 is 1.26 bits per heavy atom. The minimum Gasteiger partial charge on any atom is -0.462 e. The van der Waals surface area contributed by atoms with Gasteiger partial charge in [0, 0.05) is 12.3 Å². The molecule has 0 aromatic carbocycles. The zero-order valence-corrected chi connectivity index (χ0v) is 19.8. The molecular weight excluding hydrogens is 392 g/mol. The Morgan fingerprint density at radius 2 is 2.00 bits per heavy atom. The van der Waals surface area contributed by atoms with Crippen molar-refractivity contribution in [1.82, 2.24) is 0 Å². The molecule has 0 bridgehead atoms. The molecule has 174 valence electrons. The molecule has 3 aliphatic rings. The van der Waals surface area contributed by atoms with Gasteiger partial charge in [-0.3, -0.25) is 9.59 Å². The molecule has 0 unspecified atom stereocenters. The lowest BCUT2D eigenvalue weighted by molar-refractivity contribution is -0.164. The number of fused-ring (bicyclic) bond motifs is 1. The van der Waals surface area contributed by atoms with Crippen LogP contribution in [0.4, 0.5) is 0 Å². The van der Waals surface area contributed by atoms with E-state index in [9.17, 15) is 14.7 Å². The maximum absolute atomic E-state index is 12.9. The number of rotatable bonds is 7. The van der Waals surface area contributed by atoms with Crippen molar-refractivity contribution in [3.8, 4) is 0 Å². The van der Waals surface area contributed by atoms with Gasteiger partial charge in [-0.1, -0.05) is 39.0 Å². The van der Waals surface area contributed by atoms with Crippen LogP contribution in [0.3, 0.4) is 0 Å². The third-order valence-corrected chi connectivity index (χ3v) is 7.59. The first-order valence-electron chi connectivity index (χ1n) is 12.1. The summed E-state index contributed by atoms with van der Waals surface area (Å²) >= 11 is 0. The van der Waals surface area contributed by atoms with Crippen molar-refractivity contribution < 1.29 is 24.2 Å². The predicted molar refractivity (Wildman–Crippen MR) is 120 cm³/mol. The lowest BCUT2D eigenvalue weighted by atomic mass is 9.65. The number of allylic oxidation sites excluding steroid dienone is 3. The summed E-state index contributed by atoms with van der Waals surface area (Å²) in [4.78, 5) is 24.5. The second-order valence-corrected chi connectivity index (χ2v) is 10.6. The van der Waals surface area contributed by atoms with Gasteiger partial charge in [0.05, 0.1) is 17.9 Å². The fourth-order valence-electron chi connectivity index (χ4n) is 5.28. The molecule has 3 rings (SSSR count). The van der Waals surface area contributed by atoms with E-state index in [1.54, 1.807) is 0 Å². The van der Waals surface area contributed by atoms with Crippen LogP contribution in [0.1, 0.15) is 79.6 Å². The lowest BCUT2D eigenvalue weighted by Gasteiger charge is -2.43. The SMILES string of the molecule is CCC(C)(C)C(=O)O[C@H]1C[C@@H](C)C=C2C=C[C@H](C)[C@H](CCC[C@@H]3C[C@@H](O)CC(=O)O3)[C@H]21. The molecule has 1 fully saturated rings. The van der Waals surface area contributed by atoms with Crippen LogP contribution in [0.2, 0.25) is 0 Å². The molecule has 5 nitrogen and oxygen atoms in total. The third-order valence-electron chi connectivity index (χ3n) is 7.59. The Kier molecular flexibility index (Phi) is 7.67. The van der Waals surface area contributed by atoms with Crippen LogP contribution in [0.5, 0.6) is 0 Å². The van der Waals surface area contributed by atoms with Gasteiger partial charge in [0.2, 0.25) is 0 Å². The van der Waals surface area contributed by atoms with Gasteiger partial charge < -0.3 is 14.6 Å². The van der Waals surface area contributed by atoms with Gasteiger partial charge in [-0.05, 0) is 69.3 Å². The first-order chi connectivity index (χ1) is 14.6. The Bertz CT molecular complexity index is 721. The van der Waals surface area contributed by atoms with E-state index < -0.39 is 11.5 Å². The molecule has 1 heterocycles. The molecule has 7 atom stereocenters. The van der Waals surface area contributed by atoms with E-state index in [2.05, 4.69) is 32.1 Å². The molecule has 0 amide bonds. The number of aliphatic hydroxyl groups is 1. The monoisotopic (exact) mass is 432 g/mol. The van der Waals surface area contributed by atoms with Crippen molar-refractivity contribution in [3.05, 3.63) is 23.8 Å². The summed E-state index contributed by atoms with van der Waals surface area (Å²) in [7, 11) is 0. The van der Waals surface area contributed by atoms with Gasteiger partial charge in [0.15, 0.2) is 0 Å². The number of carbonyl (C=O) groups is 2. The van der Waals surface area contributed by atoms with Crippen LogP contribution < -0.4 is 0 Å².